The number of rotatable bonds is 3. The maximum Gasteiger partial charge on any atom is 0.253 e. The van der Waals surface area contributed by atoms with Crippen LogP contribution in [0.3, 0.4) is 0 Å². The number of halogens is 1. The Bertz CT molecular complexity index is 690. The number of amides is 2. The van der Waals surface area contributed by atoms with Gasteiger partial charge in [-0.25, -0.2) is 0 Å². The molecule has 1 aliphatic carbocycles. The van der Waals surface area contributed by atoms with Crippen LogP contribution in [0.25, 0.3) is 0 Å². The minimum absolute atomic E-state index is 0. The average molecular weight is 406 g/mol. The van der Waals surface area contributed by atoms with Crippen molar-refractivity contribution < 1.29 is 9.59 Å². The van der Waals surface area contributed by atoms with E-state index in [2.05, 4.69) is 5.32 Å². The molecule has 2 saturated heterocycles. The van der Waals surface area contributed by atoms with Crippen molar-refractivity contribution in [3.8, 4) is 0 Å². The van der Waals surface area contributed by atoms with Gasteiger partial charge in [-0.1, -0.05) is 31.0 Å². The van der Waals surface area contributed by atoms with E-state index >= 15 is 0 Å². The molecule has 154 valence electrons. The Morgan fingerprint density at radius 3 is 2.54 bits per heavy atom. The highest BCUT2D eigenvalue weighted by Gasteiger charge is 2.51. The molecule has 1 saturated carbocycles. The van der Waals surface area contributed by atoms with Crippen molar-refractivity contribution in [2.45, 2.75) is 44.6 Å². The van der Waals surface area contributed by atoms with Gasteiger partial charge in [0, 0.05) is 38.3 Å². The predicted molar refractivity (Wildman–Crippen MR) is 113 cm³/mol. The van der Waals surface area contributed by atoms with Crippen LogP contribution in [0.15, 0.2) is 30.3 Å². The minimum atomic E-state index is -0.177. The van der Waals surface area contributed by atoms with Crippen LogP contribution in [0.5, 0.6) is 0 Å². The number of likely N-dealkylation sites (tertiary alicyclic amines) is 1. The zero-order valence-electron chi connectivity index (χ0n) is 16.7. The summed E-state index contributed by atoms with van der Waals surface area (Å²) in [4.78, 5) is 30.0. The van der Waals surface area contributed by atoms with Gasteiger partial charge in [0.2, 0.25) is 5.91 Å². The van der Waals surface area contributed by atoms with E-state index in [0.29, 0.717) is 11.8 Å². The summed E-state index contributed by atoms with van der Waals surface area (Å²) in [6.45, 7) is 3.28. The third-order valence-electron chi connectivity index (χ3n) is 7.10. The molecule has 0 unspecified atom stereocenters. The number of carbonyl (C=O) groups is 2. The fraction of sp³-hybridized carbons (Fsp3) is 0.636. The third kappa shape index (κ3) is 3.79. The largest absolute Gasteiger partial charge is 0.342 e. The first kappa shape index (κ1) is 21.1. The average Bonchev–Trinajstić information content (AvgIpc) is 3.18. The molecule has 0 spiro atoms. The lowest BCUT2D eigenvalue weighted by molar-refractivity contribution is -0.147. The van der Waals surface area contributed by atoms with Gasteiger partial charge < -0.3 is 15.1 Å². The summed E-state index contributed by atoms with van der Waals surface area (Å²) >= 11 is 0. The summed E-state index contributed by atoms with van der Waals surface area (Å²) in [5.74, 6) is 0.944. The Balaban J connectivity index is 0.00000225. The Labute approximate surface area is 174 Å². The molecular weight excluding hydrogens is 374 g/mol. The lowest BCUT2D eigenvalue weighted by atomic mass is 9.67. The highest BCUT2D eigenvalue weighted by atomic mass is 35.5. The monoisotopic (exact) mass is 405 g/mol. The van der Waals surface area contributed by atoms with Gasteiger partial charge >= 0.3 is 0 Å². The van der Waals surface area contributed by atoms with E-state index in [0.717, 1.165) is 51.0 Å². The highest BCUT2D eigenvalue weighted by Crippen LogP contribution is 2.45. The maximum atomic E-state index is 13.4. The standard InChI is InChI=1S/C22H31N3O2.ClH/c1-24(21(27)22-12-6-5-9-18(22)15-23-16-22)19-10-13-25(14-11-19)20(26)17-7-3-2-4-8-17;/h2-4,7-8,18-19,23H,5-6,9-16H2,1H3;1H/t18-,22+;/m0./s1. The van der Waals surface area contributed by atoms with Crippen molar-refractivity contribution >= 4 is 24.2 Å². The number of nitrogens with zero attached hydrogens (tertiary/aromatic N) is 2. The number of hydrogen-bond donors (Lipinski definition) is 1. The van der Waals surface area contributed by atoms with Gasteiger partial charge in [-0.05, 0) is 50.3 Å². The predicted octanol–water partition coefficient (Wildman–Crippen LogP) is 2.95. The number of piperidine rings is 1. The molecule has 6 heteroatoms. The van der Waals surface area contributed by atoms with Crippen molar-refractivity contribution in [1.82, 2.24) is 15.1 Å². The van der Waals surface area contributed by atoms with Gasteiger partial charge in [-0.3, -0.25) is 9.59 Å². The van der Waals surface area contributed by atoms with Gasteiger partial charge in [-0.2, -0.15) is 0 Å². The quantitative estimate of drug-likeness (QED) is 0.841. The van der Waals surface area contributed by atoms with E-state index in [-0.39, 0.29) is 29.8 Å². The lowest BCUT2D eigenvalue weighted by Crippen LogP contribution is -2.54. The fourth-order valence-corrected chi connectivity index (χ4v) is 5.40. The molecule has 0 radical (unpaired) electrons. The molecular formula is C22H32ClN3O2. The molecule has 0 aromatic heterocycles. The summed E-state index contributed by atoms with van der Waals surface area (Å²) in [6, 6.07) is 9.73. The Morgan fingerprint density at radius 2 is 1.82 bits per heavy atom. The van der Waals surface area contributed by atoms with E-state index in [1.807, 2.05) is 47.2 Å². The first-order valence-electron chi connectivity index (χ1n) is 10.4. The van der Waals surface area contributed by atoms with Gasteiger partial charge in [0.05, 0.1) is 5.41 Å². The second-order valence-corrected chi connectivity index (χ2v) is 8.54. The molecule has 2 aliphatic heterocycles. The first-order chi connectivity index (χ1) is 13.1. The van der Waals surface area contributed by atoms with Crippen molar-refractivity contribution in [2.75, 3.05) is 33.2 Å². The normalized spacial score (nSPS) is 27.6. The molecule has 1 aromatic rings. The number of carbonyl (C=O) groups excluding carboxylic acids is 2. The van der Waals surface area contributed by atoms with Crippen LogP contribution >= 0.6 is 12.4 Å². The Morgan fingerprint density at radius 1 is 1.11 bits per heavy atom. The molecule has 28 heavy (non-hydrogen) atoms. The van der Waals surface area contributed by atoms with Crippen LogP contribution in [-0.2, 0) is 4.79 Å². The zero-order chi connectivity index (χ0) is 18.9. The number of fused-ring (bicyclic) bond motifs is 1. The molecule has 1 N–H and O–H groups in total. The second kappa shape index (κ2) is 8.83. The highest BCUT2D eigenvalue weighted by molar-refractivity contribution is 5.94. The molecule has 5 nitrogen and oxygen atoms in total. The van der Waals surface area contributed by atoms with Crippen LogP contribution in [0.2, 0.25) is 0 Å². The van der Waals surface area contributed by atoms with Crippen LogP contribution in [0.4, 0.5) is 0 Å². The van der Waals surface area contributed by atoms with E-state index in [1.54, 1.807) is 0 Å². The van der Waals surface area contributed by atoms with Gasteiger partial charge in [0.15, 0.2) is 0 Å². The molecule has 2 heterocycles. The van der Waals surface area contributed by atoms with Crippen molar-refractivity contribution in [2.24, 2.45) is 11.3 Å². The Kier molecular flexibility index (Phi) is 6.66. The summed E-state index contributed by atoms with van der Waals surface area (Å²) in [6.07, 6.45) is 6.37. The molecule has 2 atom stereocenters. The molecule has 4 rings (SSSR count). The van der Waals surface area contributed by atoms with E-state index in [9.17, 15) is 9.59 Å². The van der Waals surface area contributed by atoms with Crippen LogP contribution in [0.1, 0.15) is 48.9 Å². The van der Waals surface area contributed by atoms with E-state index < -0.39 is 0 Å². The lowest BCUT2D eigenvalue weighted by Gasteiger charge is -2.44. The Hall–Kier alpha value is -1.59. The number of benzene rings is 1. The smallest absolute Gasteiger partial charge is 0.253 e. The zero-order valence-corrected chi connectivity index (χ0v) is 17.5. The van der Waals surface area contributed by atoms with Crippen LogP contribution in [0, 0.1) is 11.3 Å². The molecule has 2 amide bonds. The van der Waals surface area contributed by atoms with Crippen LogP contribution in [-0.4, -0.2) is 60.9 Å². The van der Waals surface area contributed by atoms with Gasteiger partial charge in [0.25, 0.3) is 5.91 Å². The van der Waals surface area contributed by atoms with Crippen molar-refractivity contribution in [1.29, 1.82) is 0 Å². The second-order valence-electron chi connectivity index (χ2n) is 8.54. The van der Waals surface area contributed by atoms with Gasteiger partial charge in [-0.15, -0.1) is 12.4 Å². The topological polar surface area (TPSA) is 52.7 Å². The molecule has 0 bridgehead atoms. The van der Waals surface area contributed by atoms with Crippen molar-refractivity contribution in [3.05, 3.63) is 35.9 Å². The minimum Gasteiger partial charge on any atom is -0.342 e. The maximum absolute atomic E-state index is 13.4. The first-order valence-corrected chi connectivity index (χ1v) is 10.4. The molecule has 1 aromatic carbocycles. The summed E-state index contributed by atoms with van der Waals surface area (Å²) < 4.78 is 0. The third-order valence-corrected chi connectivity index (χ3v) is 7.10. The summed E-state index contributed by atoms with van der Waals surface area (Å²) in [7, 11) is 1.99. The molecule has 3 fully saturated rings. The van der Waals surface area contributed by atoms with Crippen molar-refractivity contribution in [3.63, 3.8) is 0 Å². The van der Waals surface area contributed by atoms with Crippen LogP contribution < -0.4 is 5.32 Å². The molecule has 3 aliphatic rings. The van der Waals surface area contributed by atoms with E-state index in [1.165, 1.54) is 19.3 Å². The SMILES string of the molecule is CN(C(=O)[C@@]12CCCC[C@H]1CNC2)C1CCN(C(=O)c2ccccc2)CC1.Cl. The summed E-state index contributed by atoms with van der Waals surface area (Å²) in [5, 5.41) is 3.48. The van der Waals surface area contributed by atoms with Gasteiger partial charge in [0.1, 0.15) is 0 Å². The number of nitrogens with one attached hydrogen (secondary N) is 1. The van der Waals surface area contributed by atoms with E-state index in [4.69, 9.17) is 0 Å². The summed E-state index contributed by atoms with van der Waals surface area (Å²) in [5.41, 5.74) is 0.575. The fourth-order valence-electron chi connectivity index (χ4n) is 5.40. The number of hydrogen-bond acceptors (Lipinski definition) is 3.